The van der Waals surface area contributed by atoms with Gasteiger partial charge in [0, 0.05) is 31.4 Å². The highest BCUT2D eigenvalue weighted by atomic mass is 32.1. The van der Waals surface area contributed by atoms with E-state index in [9.17, 15) is 9.59 Å². The zero-order valence-corrected chi connectivity index (χ0v) is 19.6. The molecule has 7 nitrogen and oxygen atoms in total. The monoisotopic (exact) mass is 465 g/mol. The highest BCUT2D eigenvalue weighted by Crippen LogP contribution is 2.39. The van der Waals surface area contributed by atoms with Gasteiger partial charge in [0.05, 0.1) is 36.7 Å². The van der Waals surface area contributed by atoms with E-state index in [1.54, 1.807) is 38.4 Å². The summed E-state index contributed by atoms with van der Waals surface area (Å²) in [5.41, 5.74) is 2.75. The second-order valence-electron chi connectivity index (χ2n) is 7.73. The summed E-state index contributed by atoms with van der Waals surface area (Å²) < 4.78 is 10.6. The number of rotatable bonds is 7. The average Bonchev–Trinajstić information content (AvgIpc) is 3.30. The molecule has 0 unspecified atom stereocenters. The predicted octanol–water partition coefficient (Wildman–Crippen LogP) is 3.97. The largest absolute Gasteiger partial charge is 0.497 e. The van der Waals surface area contributed by atoms with Crippen LogP contribution < -0.4 is 15.0 Å². The first-order valence-corrected chi connectivity index (χ1v) is 11.6. The second kappa shape index (κ2) is 10.5. The fraction of sp³-hybridized carbons (Fsp3) is 0.280. The summed E-state index contributed by atoms with van der Waals surface area (Å²) in [6, 6.07) is 19.1. The number of anilines is 2. The first-order valence-electron chi connectivity index (χ1n) is 10.8. The van der Waals surface area contributed by atoms with Crippen LogP contribution in [0.1, 0.15) is 9.67 Å². The number of thiophene rings is 1. The van der Waals surface area contributed by atoms with Crippen molar-refractivity contribution in [3.8, 4) is 16.9 Å². The molecule has 172 valence electrons. The van der Waals surface area contributed by atoms with Crippen molar-refractivity contribution in [2.45, 2.75) is 0 Å². The lowest BCUT2D eigenvalue weighted by molar-refractivity contribution is -0.116. The second-order valence-corrected chi connectivity index (χ2v) is 8.76. The zero-order valence-electron chi connectivity index (χ0n) is 18.7. The van der Waals surface area contributed by atoms with Crippen molar-refractivity contribution in [1.82, 2.24) is 4.90 Å². The van der Waals surface area contributed by atoms with Gasteiger partial charge in [-0.3, -0.25) is 9.59 Å². The third-order valence-corrected chi connectivity index (χ3v) is 6.59. The number of hydrogen-bond donors (Lipinski definition) is 1. The van der Waals surface area contributed by atoms with Crippen molar-refractivity contribution >= 4 is 33.8 Å². The minimum absolute atomic E-state index is 0.0453. The summed E-state index contributed by atoms with van der Waals surface area (Å²) in [5.74, 6) is 0.272. The molecule has 4 rings (SSSR count). The Kier molecular flexibility index (Phi) is 7.26. The molecule has 2 amide bonds. The highest BCUT2D eigenvalue weighted by molar-refractivity contribution is 7.18. The van der Waals surface area contributed by atoms with Gasteiger partial charge in [-0.2, -0.15) is 0 Å². The quantitative estimate of drug-likeness (QED) is 0.572. The van der Waals surface area contributed by atoms with Gasteiger partial charge in [0.15, 0.2) is 0 Å². The zero-order chi connectivity index (χ0) is 23.2. The lowest BCUT2D eigenvalue weighted by atomic mass is 10.1. The van der Waals surface area contributed by atoms with Crippen LogP contribution in [0.25, 0.3) is 11.1 Å². The number of carbonyl (C=O) groups excluding carboxylic acids is 2. The van der Waals surface area contributed by atoms with Gasteiger partial charge in [0.1, 0.15) is 5.75 Å². The van der Waals surface area contributed by atoms with Gasteiger partial charge < -0.3 is 24.6 Å². The number of carbonyl (C=O) groups is 2. The number of hydrogen-bond acceptors (Lipinski definition) is 6. The lowest BCUT2D eigenvalue weighted by Crippen LogP contribution is -2.36. The van der Waals surface area contributed by atoms with Gasteiger partial charge >= 0.3 is 0 Å². The van der Waals surface area contributed by atoms with Crippen LogP contribution in [0, 0.1) is 0 Å². The number of nitrogens with zero attached hydrogens (tertiary/aromatic N) is 2. The number of methoxy groups -OCH3 is 1. The molecule has 0 radical (unpaired) electrons. The lowest BCUT2D eigenvalue weighted by Gasteiger charge is -2.28. The van der Waals surface area contributed by atoms with Crippen molar-refractivity contribution in [2.75, 3.05) is 57.2 Å². The van der Waals surface area contributed by atoms with Crippen molar-refractivity contribution in [3.05, 3.63) is 65.5 Å². The molecule has 1 aliphatic heterocycles. The van der Waals surface area contributed by atoms with Gasteiger partial charge in [0.25, 0.3) is 5.91 Å². The summed E-state index contributed by atoms with van der Waals surface area (Å²) >= 11 is 1.47. The normalized spacial score (nSPS) is 13.5. The number of amides is 2. The van der Waals surface area contributed by atoms with E-state index in [0.29, 0.717) is 29.5 Å². The van der Waals surface area contributed by atoms with Gasteiger partial charge in [-0.15, -0.1) is 11.3 Å². The van der Waals surface area contributed by atoms with Crippen molar-refractivity contribution < 1.29 is 19.1 Å². The van der Waals surface area contributed by atoms with Crippen LogP contribution in [0.4, 0.5) is 10.7 Å². The van der Waals surface area contributed by atoms with E-state index in [0.717, 1.165) is 29.2 Å². The Morgan fingerprint density at radius 3 is 2.45 bits per heavy atom. The van der Waals surface area contributed by atoms with Crippen LogP contribution in [0.3, 0.4) is 0 Å². The third kappa shape index (κ3) is 5.53. The number of ether oxygens (including phenoxy) is 2. The van der Waals surface area contributed by atoms with Crippen LogP contribution in [0.15, 0.2) is 60.7 Å². The van der Waals surface area contributed by atoms with Gasteiger partial charge in [-0.25, -0.2) is 0 Å². The molecule has 1 N–H and O–H groups in total. The highest BCUT2D eigenvalue weighted by Gasteiger charge is 2.24. The third-order valence-electron chi connectivity index (χ3n) is 5.41. The SMILES string of the molecule is COc1ccc(NC(=O)CN(C)C(=O)c2cc(-c3ccccc3)c(N3CCOCC3)s2)cc1. The smallest absolute Gasteiger partial charge is 0.264 e. The number of morpholine rings is 1. The molecule has 0 bridgehead atoms. The Hall–Kier alpha value is -3.36. The molecule has 3 aromatic rings. The van der Waals surface area contributed by atoms with Gasteiger partial charge in [-0.1, -0.05) is 30.3 Å². The predicted molar refractivity (Wildman–Crippen MR) is 131 cm³/mol. The first kappa shape index (κ1) is 22.8. The van der Waals surface area contributed by atoms with E-state index in [2.05, 4.69) is 10.2 Å². The van der Waals surface area contributed by atoms with E-state index < -0.39 is 0 Å². The molecular formula is C25H27N3O4S. The molecule has 0 aliphatic carbocycles. The molecule has 1 aromatic heterocycles. The molecule has 0 saturated carbocycles. The standard InChI is InChI=1S/C25H27N3O4S/c1-27(17-23(29)26-19-8-10-20(31-2)11-9-19)24(30)22-16-21(18-6-4-3-5-7-18)25(33-22)28-12-14-32-15-13-28/h3-11,16H,12-15,17H2,1-2H3,(H,26,29). The Labute approximate surface area is 197 Å². The Morgan fingerprint density at radius 1 is 1.09 bits per heavy atom. The molecule has 0 spiro atoms. The van der Waals surface area contributed by atoms with Crippen LogP contribution in [0.2, 0.25) is 0 Å². The van der Waals surface area contributed by atoms with Crippen molar-refractivity contribution in [3.63, 3.8) is 0 Å². The molecule has 1 fully saturated rings. The molecule has 1 saturated heterocycles. The van der Waals surface area contributed by atoms with E-state index >= 15 is 0 Å². The summed E-state index contributed by atoms with van der Waals surface area (Å²) in [6.45, 7) is 2.86. The molecular weight excluding hydrogens is 438 g/mol. The fourth-order valence-electron chi connectivity index (χ4n) is 3.66. The maximum absolute atomic E-state index is 13.2. The van der Waals surface area contributed by atoms with Crippen LogP contribution in [0.5, 0.6) is 5.75 Å². The molecule has 2 aromatic carbocycles. The minimum Gasteiger partial charge on any atom is -0.497 e. The van der Waals surface area contributed by atoms with E-state index in [1.165, 1.54) is 16.2 Å². The van der Waals surface area contributed by atoms with E-state index in [1.807, 2.05) is 36.4 Å². The van der Waals surface area contributed by atoms with E-state index in [-0.39, 0.29) is 18.4 Å². The Bertz CT molecular complexity index is 1090. The van der Waals surface area contributed by atoms with Gasteiger partial charge in [-0.05, 0) is 35.9 Å². The van der Waals surface area contributed by atoms with Gasteiger partial charge in [0.2, 0.25) is 5.91 Å². The maximum atomic E-state index is 13.2. The average molecular weight is 466 g/mol. The number of likely N-dealkylation sites (N-methyl/N-ethyl adjacent to an activating group) is 1. The minimum atomic E-state index is -0.260. The van der Waals surface area contributed by atoms with E-state index in [4.69, 9.17) is 9.47 Å². The summed E-state index contributed by atoms with van der Waals surface area (Å²) in [5, 5.41) is 3.88. The van der Waals surface area contributed by atoms with Crippen molar-refractivity contribution in [2.24, 2.45) is 0 Å². The van der Waals surface area contributed by atoms with Crippen LogP contribution in [-0.2, 0) is 9.53 Å². The summed E-state index contributed by atoms with van der Waals surface area (Å²) in [6.07, 6.45) is 0. The molecule has 33 heavy (non-hydrogen) atoms. The van der Waals surface area contributed by atoms with Crippen LogP contribution >= 0.6 is 11.3 Å². The maximum Gasteiger partial charge on any atom is 0.264 e. The fourth-order valence-corrected chi connectivity index (χ4v) is 4.89. The first-order chi connectivity index (χ1) is 16.0. The summed E-state index contributed by atoms with van der Waals surface area (Å²) in [4.78, 5) is 30.0. The Morgan fingerprint density at radius 2 is 1.79 bits per heavy atom. The molecule has 0 atom stereocenters. The molecule has 8 heteroatoms. The number of nitrogens with one attached hydrogen (secondary N) is 1. The topological polar surface area (TPSA) is 71.1 Å². The Balaban J connectivity index is 1.49. The summed E-state index contributed by atoms with van der Waals surface area (Å²) in [7, 11) is 3.23. The van der Waals surface area contributed by atoms with Crippen LogP contribution in [-0.4, -0.2) is 63.7 Å². The van der Waals surface area contributed by atoms with Crippen molar-refractivity contribution in [1.29, 1.82) is 0 Å². The number of benzene rings is 2. The molecule has 1 aliphatic rings. The molecule has 2 heterocycles.